The van der Waals surface area contributed by atoms with Crippen molar-refractivity contribution in [2.45, 2.75) is 6.54 Å². The number of halogens is 3. The van der Waals surface area contributed by atoms with E-state index < -0.39 is 28.9 Å². The lowest BCUT2D eigenvalue weighted by Gasteiger charge is -2.28. The highest BCUT2D eigenvalue weighted by atomic mass is 35.5. The molecule has 12 nitrogen and oxygen atoms in total. The first-order valence-electron chi connectivity index (χ1n) is 11.9. The summed E-state index contributed by atoms with van der Waals surface area (Å²) in [5.74, 6) is -2.84. The van der Waals surface area contributed by atoms with Gasteiger partial charge in [-0.3, -0.25) is 14.4 Å². The molecule has 1 saturated heterocycles. The first-order chi connectivity index (χ1) is 19.1. The van der Waals surface area contributed by atoms with E-state index in [0.717, 1.165) is 0 Å². The molecule has 0 saturated carbocycles. The highest BCUT2D eigenvalue weighted by Crippen LogP contribution is 2.36. The molecular formula is C25H22Cl2FN7O5. The van der Waals surface area contributed by atoms with Crippen molar-refractivity contribution in [2.24, 2.45) is 12.8 Å². The van der Waals surface area contributed by atoms with Crippen molar-refractivity contribution in [2.75, 3.05) is 36.5 Å². The molecule has 4 N–H and O–H groups in total. The molecule has 15 heteroatoms. The molecule has 208 valence electrons. The standard InChI is InChI=1S/C25H22Cl2FN7O5/c1-33-11-31-23-18(25(33)39)14(12-6-13(22(29)38)21(37)15(26)7-12)9-35(23)10-17(36)32-20-16(27)8-30-24(19(20)28)34-2-4-40-5-3-34/h6-9,11,37H,2-5,10H2,1H3,(H2,29,38)(H,30,32,36). The van der Waals surface area contributed by atoms with Crippen LogP contribution in [0.4, 0.5) is 15.9 Å². The summed E-state index contributed by atoms with van der Waals surface area (Å²) in [6, 6.07) is 2.64. The van der Waals surface area contributed by atoms with Crippen LogP contribution < -0.4 is 21.5 Å². The molecule has 40 heavy (non-hydrogen) atoms. The third kappa shape index (κ3) is 4.94. The minimum Gasteiger partial charge on any atom is -0.506 e. The SMILES string of the molecule is Cn1cnc2c(c(-c3cc(Cl)c(O)c(C(N)=O)c3)cn2CC(=O)Nc2c(Cl)cnc(N3CCOCC3)c2F)c1=O. The zero-order valence-corrected chi connectivity index (χ0v) is 22.5. The second kappa shape index (κ2) is 10.8. The summed E-state index contributed by atoms with van der Waals surface area (Å²) in [7, 11) is 1.50. The van der Waals surface area contributed by atoms with Crippen molar-refractivity contribution < 1.29 is 23.8 Å². The van der Waals surface area contributed by atoms with Crippen LogP contribution >= 0.6 is 23.2 Å². The quantitative estimate of drug-likeness (QED) is 0.309. The van der Waals surface area contributed by atoms with Crippen LogP contribution in [-0.4, -0.2) is 62.3 Å². The molecule has 0 atom stereocenters. The smallest absolute Gasteiger partial charge is 0.263 e. The van der Waals surface area contributed by atoms with Crippen molar-refractivity contribution in [3.8, 4) is 16.9 Å². The summed E-state index contributed by atoms with van der Waals surface area (Å²) < 4.78 is 23.3. The lowest BCUT2D eigenvalue weighted by Crippen LogP contribution is -2.37. The second-order valence-corrected chi connectivity index (χ2v) is 9.83. The molecule has 4 heterocycles. The summed E-state index contributed by atoms with van der Waals surface area (Å²) >= 11 is 12.3. The zero-order chi connectivity index (χ0) is 28.7. The molecule has 0 bridgehead atoms. The third-order valence-electron chi connectivity index (χ3n) is 6.42. The number of hydrogen-bond acceptors (Lipinski definition) is 8. The molecule has 1 aliphatic rings. The summed E-state index contributed by atoms with van der Waals surface area (Å²) in [5, 5.41) is 12.5. The van der Waals surface area contributed by atoms with Gasteiger partial charge >= 0.3 is 0 Å². The number of nitrogens with two attached hydrogens (primary N) is 1. The number of nitrogens with one attached hydrogen (secondary N) is 1. The maximum Gasteiger partial charge on any atom is 0.263 e. The fraction of sp³-hybridized carbons (Fsp3) is 0.240. The number of aromatic nitrogens is 4. The van der Waals surface area contributed by atoms with Gasteiger partial charge in [0.15, 0.2) is 11.6 Å². The Hall–Kier alpha value is -4.20. The monoisotopic (exact) mass is 589 g/mol. The maximum absolute atomic E-state index is 15.4. The number of fused-ring (bicyclic) bond motifs is 1. The fourth-order valence-electron chi connectivity index (χ4n) is 4.45. The minimum absolute atomic E-state index is 0.0383. The Morgan fingerprint density at radius 1 is 1.20 bits per heavy atom. The molecule has 5 rings (SSSR count). The van der Waals surface area contributed by atoms with Crippen molar-refractivity contribution in [3.63, 3.8) is 0 Å². The Morgan fingerprint density at radius 3 is 2.62 bits per heavy atom. The third-order valence-corrected chi connectivity index (χ3v) is 7.00. The van der Waals surface area contributed by atoms with Crippen molar-refractivity contribution >= 4 is 57.6 Å². The predicted octanol–water partition coefficient (Wildman–Crippen LogP) is 2.52. The highest BCUT2D eigenvalue weighted by Gasteiger charge is 2.24. The van der Waals surface area contributed by atoms with Gasteiger partial charge in [-0.2, -0.15) is 0 Å². The highest BCUT2D eigenvalue weighted by molar-refractivity contribution is 6.34. The van der Waals surface area contributed by atoms with Gasteiger partial charge in [0.1, 0.15) is 23.6 Å². The first-order valence-corrected chi connectivity index (χ1v) is 12.7. The molecule has 4 aromatic rings. The van der Waals surface area contributed by atoms with E-state index in [4.69, 9.17) is 33.7 Å². The molecule has 1 fully saturated rings. The van der Waals surface area contributed by atoms with Crippen LogP contribution in [0.2, 0.25) is 10.0 Å². The van der Waals surface area contributed by atoms with Gasteiger partial charge in [-0.15, -0.1) is 0 Å². The number of primary amides is 1. The lowest BCUT2D eigenvalue weighted by molar-refractivity contribution is -0.116. The number of morpholine rings is 1. The van der Waals surface area contributed by atoms with Crippen LogP contribution in [0.1, 0.15) is 10.4 Å². The van der Waals surface area contributed by atoms with Crippen molar-refractivity contribution in [1.29, 1.82) is 0 Å². The van der Waals surface area contributed by atoms with E-state index in [2.05, 4.69) is 15.3 Å². The van der Waals surface area contributed by atoms with Gasteiger partial charge in [-0.25, -0.2) is 14.4 Å². The molecule has 1 aliphatic heterocycles. The molecule has 0 spiro atoms. The first kappa shape index (κ1) is 27.4. The molecule has 0 radical (unpaired) electrons. The van der Waals surface area contributed by atoms with Crippen LogP contribution in [0.5, 0.6) is 5.75 Å². The van der Waals surface area contributed by atoms with Crippen LogP contribution in [-0.2, 0) is 23.1 Å². The van der Waals surface area contributed by atoms with Gasteiger partial charge in [0.05, 0.1) is 46.7 Å². The molecular weight excluding hydrogens is 568 g/mol. The van der Waals surface area contributed by atoms with Crippen LogP contribution in [0.25, 0.3) is 22.2 Å². The van der Waals surface area contributed by atoms with Crippen molar-refractivity contribution in [1.82, 2.24) is 19.1 Å². The average molecular weight is 590 g/mol. The van der Waals surface area contributed by atoms with E-state index in [1.54, 1.807) is 4.90 Å². The van der Waals surface area contributed by atoms with Gasteiger partial charge in [0.2, 0.25) is 5.91 Å². The van der Waals surface area contributed by atoms with Gasteiger partial charge < -0.3 is 34.9 Å². The number of ether oxygens (including phenoxy) is 1. The number of nitrogens with zero attached hydrogens (tertiary/aromatic N) is 5. The average Bonchev–Trinajstić information content (AvgIpc) is 3.29. The number of anilines is 2. The van der Waals surface area contributed by atoms with E-state index >= 15 is 4.39 Å². The van der Waals surface area contributed by atoms with E-state index in [-0.39, 0.29) is 55.8 Å². The minimum atomic E-state index is -0.928. The largest absolute Gasteiger partial charge is 0.506 e. The maximum atomic E-state index is 15.4. The molecule has 3 aromatic heterocycles. The number of pyridine rings is 1. The van der Waals surface area contributed by atoms with Crippen LogP contribution in [0.15, 0.2) is 35.6 Å². The number of amides is 2. The van der Waals surface area contributed by atoms with Gasteiger partial charge in [-0.1, -0.05) is 23.2 Å². The Labute approximate surface area is 235 Å². The number of benzene rings is 1. The topological polar surface area (TPSA) is 158 Å². The number of aryl methyl sites for hydroxylation is 1. The predicted molar refractivity (Wildman–Crippen MR) is 146 cm³/mol. The Morgan fingerprint density at radius 2 is 1.93 bits per heavy atom. The van der Waals surface area contributed by atoms with Gasteiger partial charge in [-0.05, 0) is 17.7 Å². The Bertz CT molecular complexity index is 1730. The number of phenols is 1. The normalized spacial score (nSPS) is 13.6. The molecule has 0 unspecified atom stereocenters. The number of carbonyl (C=O) groups is 2. The number of hydrogen-bond donors (Lipinski definition) is 3. The fourth-order valence-corrected chi connectivity index (χ4v) is 4.84. The number of rotatable bonds is 6. The second-order valence-electron chi connectivity index (χ2n) is 9.01. The van der Waals surface area contributed by atoms with Gasteiger partial charge in [0.25, 0.3) is 11.5 Å². The Kier molecular flexibility index (Phi) is 7.36. The summed E-state index contributed by atoms with van der Waals surface area (Å²) in [5.41, 5.74) is 5.16. The summed E-state index contributed by atoms with van der Waals surface area (Å²) in [6.45, 7) is 1.30. The van der Waals surface area contributed by atoms with Crippen LogP contribution in [0.3, 0.4) is 0 Å². The van der Waals surface area contributed by atoms with Crippen LogP contribution in [0, 0.1) is 5.82 Å². The van der Waals surface area contributed by atoms with E-state index in [9.17, 15) is 19.5 Å². The number of carbonyl (C=O) groups excluding carboxylic acids is 2. The van der Waals surface area contributed by atoms with E-state index in [1.807, 2.05) is 0 Å². The summed E-state index contributed by atoms with van der Waals surface area (Å²) in [4.78, 5) is 48.2. The number of aromatic hydroxyl groups is 1. The summed E-state index contributed by atoms with van der Waals surface area (Å²) in [6.07, 6.45) is 4.01. The van der Waals surface area contributed by atoms with Crippen molar-refractivity contribution in [3.05, 3.63) is 62.6 Å². The Balaban J connectivity index is 1.53. The molecule has 2 amide bonds. The molecule has 0 aliphatic carbocycles. The van der Waals surface area contributed by atoms with E-state index in [1.165, 1.54) is 47.0 Å². The van der Waals surface area contributed by atoms with E-state index in [0.29, 0.717) is 26.3 Å². The lowest BCUT2D eigenvalue weighted by atomic mass is 10.0. The molecule has 1 aromatic carbocycles. The zero-order valence-electron chi connectivity index (χ0n) is 20.9. The van der Waals surface area contributed by atoms with Gasteiger partial charge in [0, 0.05) is 31.9 Å².